The number of fused-ring (bicyclic) bond motifs is 1. The molecular formula is C14H27NO. The van der Waals surface area contributed by atoms with E-state index in [2.05, 4.69) is 19.2 Å². The molecule has 0 bridgehead atoms. The highest BCUT2D eigenvalue weighted by Gasteiger charge is 2.37. The molecule has 0 aromatic rings. The molecule has 4 atom stereocenters. The molecule has 1 N–H and O–H groups in total. The number of hydrogen-bond acceptors (Lipinski definition) is 2. The van der Waals surface area contributed by atoms with Gasteiger partial charge in [0.2, 0.25) is 0 Å². The Morgan fingerprint density at radius 3 is 2.75 bits per heavy atom. The predicted octanol–water partition coefficient (Wildman–Crippen LogP) is 3.11. The molecule has 4 unspecified atom stereocenters. The number of rotatable bonds is 4. The normalized spacial score (nSPS) is 39.4. The minimum atomic E-state index is 0.541. The highest BCUT2D eigenvalue weighted by atomic mass is 16.5. The van der Waals surface area contributed by atoms with Gasteiger partial charge in [0, 0.05) is 24.6 Å². The summed E-state index contributed by atoms with van der Waals surface area (Å²) in [4.78, 5) is 0. The topological polar surface area (TPSA) is 21.3 Å². The minimum absolute atomic E-state index is 0.541. The number of nitrogens with one attached hydrogen (secondary N) is 1. The average molecular weight is 225 g/mol. The van der Waals surface area contributed by atoms with E-state index in [1.165, 1.54) is 44.9 Å². The lowest BCUT2D eigenvalue weighted by atomic mass is 9.75. The van der Waals surface area contributed by atoms with E-state index in [4.69, 9.17) is 4.74 Å². The van der Waals surface area contributed by atoms with Crippen LogP contribution < -0.4 is 5.32 Å². The number of ether oxygens (including phenoxy) is 1. The molecule has 16 heavy (non-hydrogen) atoms. The van der Waals surface area contributed by atoms with Gasteiger partial charge in [0.05, 0.1) is 6.10 Å². The molecule has 94 valence electrons. The molecule has 0 aromatic heterocycles. The van der Waals surface area contributed by atoms with Crippen molar-refractivity contribution < 1.29 is 4.74 Å². The summed E-state index contributed by atoms with van der Waals surface area (Å²) in [5, 5.41) is 3.86. The Balaban J connectivity index is 1.89. The molecule has 0 radical (unpaired) electrons. The minimum Gasteiger partial charge on any atom is -0.378 e. The van der Waals surface area contributed by atoms with E-state index in [1.54, 1.807) is 0 Å². The van der Waals surface area contributed by atoms with Crippen LogP contribution in [-0.2, 0) is 4.74 Å². The summed E-state index contributed by atoms with van der Waals surface area (Å²) >= 11 is 0. The third kappa shape index (κ3) is 2.78. The van der Waals surface area contributed by atoms with E-state index in [9.17, 15) is 0 Å². The summed E-state index contributed by atoms with van der Waals surface area (Å²) in [6, 6.07) is 1.53. The first-order valence-corrected chi connectivity index (χ1v) is 7.22. The van der Waals surface area contributed by atoms with E-state index in [-0.39, 0.29) is 0 Å². The second-order valence-corrected chi connectivity index (χ2v) is 5.42. The van der Waals surface area contributed by atoms with Crippen LogP contribution in [0.5, 0.6) is 0 Å². The zero-order valence-electron chi connectivity index (χ0n) is 10.9. The van der Waals surface area contributed by atoms with E-state index in [0.29, 0.717) is 6.10 Å². The molecule has 2 rings (SSSR count). The maximum atomic E-state index is 5.91. The Morgan fingerprint density at radius 2 is 2.00 bits per heavy atom. The summed E-state index contributed by atoms with van der Waals surface area (Å²) in [6.45, 7) is 5.30. The Hall–Kier alpha value is -0.0800. The molecule has 0 aromatic carbocycles. The number of piperidine rings is 1. The maximum Gasteiger partial charge on any atom is 0.0618 e. The van der Waals surface area contributed by atoms with Crippen LogP contribution >= 0.6 is 0 Å². The molecule has 0 amide bonds. The molecule has 1 aliphatic carbocycles. The molecule has 2 aliphatic rings. The van der Waals surface area contributed by atoms with Crippen molar-refractivity contribution in [3.63, 3.8) is 0 Å². The van der Waals surface area contributed by atoms with Crippen molar-refractivity contribution in [1.82, 2.24) is 5.32 Å². The van der Waals surface area contributed by atoms with E-state index < -0.39 is 0 Å². The second-order valence-electron chi connectivity index (χ2n) is 5.42. The van der Waals surface area contributed by atoms with Crippen molar-refractivity contribution in [2.24, 2.45) is 5.92 Å². The Kier molecular flexibility index (Phi) is 4.66. The molecule has 0 spiro atoms. The Labute approximate surface area is 100 Å². The summed E-state index contributed by atoms with van der Waals surface area (Å²) in [5.74, 6) is 0.793. The van der Waals surface area contributed by atoms with Gasteiger partial charge in [-0.3, -0.25) is 0 Å². The Bertz CT molecular complexity index is 205. The molecule has 2 fully saturated rings. The van der Waals surface area contributed by atoms with Gasteiger partial charge in [0.25, 0.3) is 0 Å². The smallest absolute Gasteiger partial charge is 0.0618 e. The lowest BCUT2D eigenvalue weighted by Crippen LogP contribution is -2.53. The first kappa shape index (κ1) is 12.4. The fourth-order valence-electron chi connectivity index (χ4n) is 3.60. The quantitative estimate of drug-likeness (QED) is 0.794. The Morgan fingerprint density at radius 1 is 1.12 bits per heavy atom. The third-order valence-corrected chi connectivity index (χ3v) is 4.31. The highest BCUT2D eigenvalue weighted by molar-refractivity contribution is 4.93. The van der Waals surface area contributed by atoms with Crippen LogP contribution in [0.25, 0.3) is 0 Å². The first-order chi connectivity index (χ1) is 7.85. The summed E-state index contributed by atoms with van der Waals surface area (Å²) in [7, 11) is 0. The van der Waals surface area contributed by atoms with Crippen molar-refractivity contribution in [3.05, 3.63) is 0 Å². The standard InChI is InChI=1S/C14H27NO/c1-3-6-11-9-10-12-13(15-11)7-5-8-14(12)16-4-2/h11-15H,3-10H2,1-2H3. The van der Waals surface area contributed by atoms with Crippen LogP contribution in [-0.4, -0.2) is 24.8 Å². The highest BCUT2D eigenvalue weighted by Crippen LogP contribution is 2.35. The maximum absolute atomic E-state index is 5.91. The van der Waals surface area contributed by atoms with Crippen LogP contribution in [0.3, 0.4) is 0 Å². The lowest BCUT2D eigenvalue weighted by molar-refractivity contribution is -0.0336. The van der Waals surface area contributed by atoms with Crippen LogP contribution in [0.15, 0.2) is 0 Å². The third-order valence-electron chi connectivity index (χ3n) is 4.31. The first-order valence-electron chi connectivity index (χ1n) is 7.22. The van der Waals surface area contributed by atoms with Crippen molar-refractivity contribution in [2.45, 2.75) is 77.0 Å². The van der Waals surface area contributed by atoms with E-state index >= 15 is 0 Å². The largest absolute Gasteiger partial charge is 0.378 e. The van der Waals surface area contributed by atoms with Crippen molar-refractivity contribution in [2.75, 3.05) is 6.61 Å². The van der Waals surface area contributed by atoms with Gasteiger partial charge in [0.15, 0.2) is 0 Å². The molecule has 2 nitrogen and oxygen atoms in total. The molecule has 1 heterocycles. The van der Waals surface area contributed by atoms with E-state index in [0.717, 1.165) is 24.6 Å². The van der Waals surface area contributed by atoms with Gasteiger partial charge in [-0.2, -0.15) is 0 Å². The van der Waals surface area contributed by atoms with Gasteiger partial charge in [-0.1, -0.05) is 13.3 Å². The van der Waals surface area contributed by atoms with Gasteiger partial charge >= 0.3 is 0 Å². The zero-order chi connectivity index (χ0) is 11.4. The van der Waals surface area contributed by atoms with E-state index in [1.807, 2.05) is 0 Å². The molecular weight excluding hydrogens is 198 g/mol. The predicted molar refractivity (Wildman–Crippen MR) is 67.6 cm³/mol. The summed E-state index contributed by atoms with van der Waals surface area (Å²) in [6.07, 6.45) is 9.94. The SMILES string of the molecule is CCCC1CCC2C(CCCC2OCC)N1. The fourth-order valence-corrected chi connectivity index (χ4v) is 3.60. The van der Waals surface area contributed by atoms with Crippen LogP contribution in [0.2, 0.25) is 0 Å². The van der Waals surface area contributed by atoms with Crippen molar-refractivity contribution >= 4 is 0 Å². The lowest BCUT2D eigenvalue weighted by Gasteiger charge is -2.44. The van der Waals surface area contributed by atoms with Gasteiger partial charge in [-0.15, -0.1) is 0 Å². The van der Waals surface area contributed by atoms with Crippen LogP contribution in [0, 0.1) is 5.92 Å². The molecule has 1 aliphatic heterocycles. The molecule has 1 saturated carbocycles. The van der Waals surface area contributed by atoms with Crippen LogP contribution in [0.1, 0.15) is 58.8 Å². The summed E-state index contributed by atoms with van der Waals surface area (Å²) in [5.41, 5.74) is 0. The second kappa shape index (κ2) is 6.02. The van der Waals surface area contributed by atoms with Crippen molar-refractivity contribution in [3.8, 4) is 0 Å². The molecule has 1 saturated heterocycles. The summed E-state index contributed by atoms with van der Waals surface area (Å²) < 4.78 is 5.91. The average Bonchev–Trinajstić information content (AvgIpc) is 2.30. The van der Waals surface area contributed by atoms with Crippen molar-refractivity contribution in [1.29, 1.82) is 0 Å². The van der Waals surface area contributed by atoms with Gasteiger partial charge < -0.3 is 10.1 Å². The zero-order valence-corrected chi connectivity index (χ0v) is 10.9. The van der Waals surface area contributed by atoms with Gasteiger partial charge in [-0.05, 0) is 45.4 Å². The molecule has 2 heteroatoms. The fraction of sp³-hybridized carbons (Fsp3) is 1.00. The monoisotopic (exact) mass is 225 g/mol. The van der Waals surface area contributed by atoms with Crippen LogP contribution in [0.4, 0.5) is 0 Å². The van der Waals surface area contributed by atoms with Gasteiger partial charge in [-0.25, -0.2) is 0 Å². The number of hydrogen-bond donors (Lipinski definition) is 1. The van der Waals surface area contributed by atoms with Gasteiger partial charge in [0.1, 0.15) is 0 Å².